The van der Waals surface area contributed by atoms with Crippen LogP contribution in [0.15, 0.2) is 54.6 Å². The molecule has 0 saturated carbocycles. The number of amides is 3. The van der Waals surface area contributed by atoms with E-state index in [4.69, 9.17) is 4.74 Å². The fourth-order valence-corrected chi connectivity index (χ4v) is 3.80. The second-order valence-electron chi connectivity index (χ2n) is 7.65. The van der Waals surface area contributed by atoms with Gasteiger partial charge in [0.1, 0.15) is 0 Å². The maximum atomic E-state index is 12.6. The number of hydrogen-bond acceptors (Lipinski definition) is 4. The molecular weight excluding hydrogens is 382 g/mol. The Bertz CT molecular complexity index is 908. The molecule has 7 heteroatoms. The summed E-state index contributed by atoms with van der Waals surface area (Å²) in [6.45, 7) is 1.62. The van der Waals surface area contributed by atoms with Crippen LogP contribution in [0.1, 0.15) is 29.6 Å². The smallest absolute Gasteiger partial charge is 0.251 e. The first kappa shape index (κ1) is 20.1. The average Bonchev–Trinajstić information content (AvgIpc) is 3.43. The highest BCUT2D eigenvalue weighted by Gasteiger charge is 2.35. The molecule has 0 spiro atoms. The first-order chi connectivity index (χ1) is 14.6. The number of hydrogen-bond donors (Lipinski definition) is 2. The Hall–Kier alpha value is -3.19. The Morgan fingerprint density at radius 3 is 2.53 bits per heavy atom. The molecule has 2 N–H and O–H groups in total. The van der Waals surface area contributed by atoms with E-state index >= 15 is 0 Å². The average molecular weight is 407 g/mol. The highest BCUT2D eigenvalue weighted by Crippen LogP contribution is 2.26. The zero-order chi connectivity index (χ0) is 20.9. The minimum Gasteiger partial charge on any atom is -0.376 e. The summed E-state index contributed by atoms with van der Waals surface area (Å²) in [6, 6.07) is 16.1. The maximum absolute atomic E-state index is 12.6. The summed E-state index contributed by atoms with van der Waals surface area (Å²) >= 11 is 0. The van der Waals surface area contributed by atoms with E-state index in [1.165, 1.54) is 0 Å². The van der Waals surface area contributed by atoms with Crippen LogP contribution < -0.4 is 15.5 Å². The zero-order valence-electron chi connectivity index (χ0n) is 16.7. The summed E-state index contributed by atoms with van der Waals surface area (Å²) < 4.78 is 5.50. The van der Waals surface area contributed by atoms with Gasteiger partial charge < -0.3 is 20.3 Å². The molecule has 2 aromatic rings. The SMILES string of the molecule is O=C(NC[C@H]1CCCO1)c1ccc(NC(=O)[C@H]2CC(=O)N(c3ccccc3)C2)cc1. The Kier molecular flexibility index (Phi) is 6.09. The van der Waals surface area contributed by atoms with Gasteiger partial charge in [-0.25, -0.2) is 0 Å². The number of para-hydroxylation sites is 1. The van der Waals surface area contributed by atoms with Gasteiger partial charge in [0, 0.05) is 43.1 Å². The van der Waals surface area contributed by atoms with Crippen molar-refractivity contribution in [1.29, 1.82) is 0 Å². The van der Waals surface area contributed by atoms with Crippen LogP contribution in [0.3, 0.4) is 0 Å². The van der Waals surface area contributed by atoms with Crippen molar-refractivity contribution in [3.8, 4) is 0 Å². The van der Waals surface area contributed by atoms with Crippen molar-refractivity contribution in [2.45, 2.75) is 25.4 Å². The van der Waals surface area contributed by atoms with E-state index in [2.05, 4.69) is 10.6 Å². The summed E-state index contributed by atoms with van der Waals surface area (Å²) in [5, 5.41) is 5.73. The molecule has 0 unspecified atom stereocenters. The summed E-state index contributed by atoms with van der Waals surface area (Å²) in [7, 11) is 0. The Morgan fingerprint density at radius 2 is 1.83 bits per heavy atom. The maximum Gasteiger partial charge on any atom is 0.251 e. The molecule has 2 aliphatic rings. The van der Waals surface area contributed by atoms with E-state index in [0.717, 1.165) is 25.1 Å². The Labute approximate surface area is 175 Å². The highest BCUT2D eigenvalue weighted by molar-refractivity contribution is 6.03. The molecule has 0 radical (unpaired) electrons. The molecule has 2 aliphatic heterocycles. The number of nitrogens with one attached hydrogen (secondary N) is 2. The van der Waals surface area contributed by atoms with Crippen LogP contribution >= 0.6 is 0 Å². The van der Waals surface area contributed by atoms with Crippen molar-refractivity contribution in [3.63, 3.8) is 0 Å². The van der Waals surface area contributed by atoms with Gasteiger partial charge in [0.05, 0.1) is 12.0 Å². The number of anilines is 2. The first-order valence-electron chi connectivity index (χ1n) is 10.3. The second-order valence-corrected chi connectivity index (χ2v) is 7.65. The molecule has 0 aliphatic carbocycles. The lowest BCUT2D eigenvalue weighted by Crippen LogP contribution is -2.31. The lowest BCUT2D eigenvalue weighted by Gasteiger charge is -2.16. The van der Waals surface area contributed by atoms with Gasteiger partial charge >= 0.3 is 0 Å². The topological polar surface area (TPSA) is 87.7 Å². The normalized spacial score (nSPS) is 20.9. The molecule has 2 fully saturated rings. The second kappa shape index (κ2) is 9.09. The number of rotatable bonds is 6. The molecule has 2 aromatic carbocycles. The van der Waals surface area contributed by atoms with Crippen molar-refractivity contribution in [1.82, 2.24) is 5.32 Å². The minimum atomic E-state index is -0.410. The summed E-state index contributed by atoms with van der Waals surface area (Å²) in [5.41, 5.74) is 1.93. The molecule has 7 nitrogen and oxygen atoms in total. The van der Waals surface area contributed by atoms with E-state index in [-0.39, 0.29) is 30.2 Å². The lowest BCUT2D eigenvalue weighted by molar-refractivity contribution is -0.122. The van der Waals surface area contributed by atoms with Crippen LogP contribution in [-0.4, -0.2) is 43.5 Å². The number of carbonyl (C=O) groups excluding carboxylic acids is 3. The largest absolute Gasteiger partial charge is 0.376 e. The number of benzene rings is 2. The van der Waals surface area contributed by atoms with Gasteiger partial charge in [0.25, 0.3) is 5.91 Å². The standard InChI is InChI=1S/C23H25N3O4/c27-21-13-17(15-26(21)19-5-2-1-3-6-19)23(29)25-18-10-8-16(9-11-18)22(28)24-14-20-7-4-12-30-20/h1-3,5-6,8-11,17,20H,4,7,12-15H2,(H,24,28)(H,25,29)/t17-,20+/m0/s1. The van der Waals surface area contributed by atoms with Gasteiger partial charge in [-0.3, -0.25) is 14.4 Å². The van der Waals surface area contributed by atoms with Crippen LogP contribution in [0.5, 0.6) is 0 Å². The zero-order valence-corrected chi connectivity index (χ0v) is 16.7. The Morgan fingerprint density at radius 1 is 1.07 bits per heavy atom. The van der Waals surface area contributed by atoms with Gasteiger partial charge in [-0.05, 0) is 49.2 Å². The minimum absolute atomic E-state index is 0.0559. The predicted octanol–water partition coefficient (Wildman–Crippen LogP) is 2.59. The summed E-state index contributed by atoms with van der Waals surface area (Å²) in [6.07, 6.45) is 2.28. The fourth-order valence-electron chi connectivity index (χ4n) is 3.80. The quantitative estimate of drug-likeness (QED) is 0.771. The number of nitrogens with zero attached hydrogens (tertiary/aromatic N) is 1. The highest BCUT2D eigenvalue weighted by atomic mass is 16.5. The van der Waals surface area contributed by atoms with E-state index in [0.29, 0.717) is 24.3 Å². The third kappa shape index (κ3) is 4.68. The predicted molar refractivity (Wildman–Crippen MR) is 113 cm³/mol. The molecule has 156 valence electrons. The number of ether oxygens (including phenoxy) is 1. The van der Waals surface area contributed by atoms with Crippen LogP contribution in [0.4, 0.5) is 11.4 Å². The molecule has 0 aromatic heterocycles. The fraction of sp³-hybridized carbons (Fsp3) is 0.348. The van der Waals surface area contributed by atoms with Gasteiger partial charge in [0.2, 0.25) is 11.8 Å². The van der Waals surface area contributed by atoms with Crippen LogP contribution in [-0.2, 0) is 14.3 Å². The van der Waals surface area contributed by atoms with Crippen LogP contribution in [0.2, 0.25) is 0 Å². The van der Waals surface area contributed by atoms with E-state index < -0.39 is 5.92 Å². The van der Waals surface area contributed by atoms with Gasteiger partial charge in [0.15, 0.2) is 0 Å². The van der Waals surface area contributed by atoms with E-state index in [1.54, 1.807) is 29.2 Å². The third-order valence-corrected chi connectivity index (χ3v) is 5.49. The summed E-state index contributed by atoms with van der Waals surface area (Å²) in [4.78, 5) is 38.8. The Balaban J connectivity index is 1.30. The van der Waals surface area contributed by atoms with Gasteiger partial charge in [-0.1, -0.05) is 18.2 Å². The van der Waals surface area contributed by atoms with Crippen LogP contribution in [0.25, 0.3) is 0 Å². The van der Waals surface area contributed by atoms with Gasteiger partial charge in [-0.15, -0.1) is 0 Å². The number of carbonyl (C=O) groups is 3. The summed E-state index contributed by atoms with van der Waals surface area (Å²) in [5.74, 6) is -0.827. The third-order valence-electron chi connectivity index (χ3n) is 5.49. The monoisotopic (exact) mass is 407 g/mol. The lowest BCUT2D eigenvalue weighted by atomic mass is 10.1. The molecule has 2 saturated heterocycles. The molecule has 30 heavy (non-hydrogen) atoms. The van der Waals surface area contributed by atoms with Crippen molar-refractivity contribution in [2.24, 2.45) is 5.92 Å². The molecule has 3 amide bonds. The van der Waals surface area contributed by atoms with E-state index in [9.17, 15) is 14.4 Å². The molecular formula is C23H25N3O4. The van der Waals surface area contributed by atoms with Crippen molar-refractivity contribution < 1.29 is 19.1 Å². The molecule has 0 bridgehead atoms. The van der Waals surface area contributed by atoms with Gasteiger partial charge in [-0.2, -0.15) is 0 Å². The molecule has 2 heterocycles. The van der Waals surface area contributed by atoms with Crippen molar-refractivity contribution in [2.75, 3.05) is 29.9 Å². The van der Waals surface area contributed by atoms with E-state index in [1.807, 2.05) is 30.3 Å². The molecule has 4 rings (SSSR count). The van der Waals surface area contributed by atoms with Crippen molar-refractivity contribution in [3.05, 3.63) is 60.2 Å². The van der Waals surface area contributed by atoms with Crippen molar-refractivity contribution >= 4 is 29.1 Å². The van der Waals surface area contributed by atoms with Crippen LogP contribution in [0, 0.1) is 5.92 Å². The molecule has 2 atom stereocenters. The first-order valence-corrected chi connectivity index (χ1v) is 10.3.